The summed E-state index contributed by atoms with van der Waals surface area (Å²) in [6, 6.07) is 5.17. The van der Waals surface area contributed by atoms with Gasteiger partial charge in [0, 0.05) is 17.3 Å². The van der Waals surface area contributed by atoms with Crippen LogP contribution < -0.4 is 16.2 Å². The van der Waals surface area contributed by atoms with E-state index in [2.05, 4.69) is 19.9 Å². The summed E-state index contributed by atoms with van der Waals surface area (Å²) in [5.74, 6) is 0.352. The lowest BCUT2D eigenvalue weighted by molar-refractivity contribution is 0.385. The molecule has 2 heterocycles. The van der Waals surface area contributed by atoms with Crippen molar-refractivity contribution in [2.75, 3.05) is 11.5 Å². The summed E-state index contributed by atoms with van der Waals surface area (Å²) in [5, 5.41) is 0. The first-order chi connectivity index (χ1) is 13.6. The van der Waals surface area contributed by atoms with Crippen LogP contribution in [-0.2, 0) is 0 Å². The summed E-state index contributed by atoms with van der Waals surface area (Å²) in [6.45, 7) is 0. The minimum atomic E-state index is -0.520. The van der Waals surface area contributed by atoms with Crippen molar-refractivity contribution in [2.45, 2.75) is 38.0 Å². The van der Waals surface area contributed by atoms with Crippen molar-refractivity contribution in [1.82, 2.24) is 19.9 Å². The predicted octanol–water partition coefficient (Wildman–Crippen LogP) is 4.08. The molecule has 1 aromatic carbocycles. The highest BCUT2D eigenvalue weighted by Gasteiger charge is 2.25. The second-order valence-electron chi connectivity index (χ2n) is 6.87. The molecule has 144 valence electrons. The normalized spacial score (nSPS) is 14.8. The van der Waals surface area contributed by atoms with Gasteiger partial charge in [-0.2, -0.15) is 4.98 Å². The Bertz CT molecular complexity index is 973. The van der Waals surface area contributed by atoms with E-state index >= 15 is 4.39 Å². The van der Waals surface area contributed by atoms with Crippen LogP contribution in [-0.4, -0.2) is 19.9 Å². The van der Waals surface area contributed by atoms with Crippen molar-refractivity contribution < 1.29 is 9.13 Å². The first-order valence-electron chi connectivity index (χ1n) is 9.28. The molecule has 0 spiro atoms. The average molecular weight is 380 g/mol. The maximum absolute atomic E-state index is 15.5. The van der Waals surface area contributed by atoms with Crippen LogP contribution in [0.4, 0.5) is 16.0 Å². The SMILES string of the molecule is Nc1cnc(-c2ccc(C3CCCCC3)c(Oc3nccc(N)n3)c2F)cn1. The third kappa shape index (κ3) is 3.71. The maximum Gasteiger partial charge on any atom is 0.323 e. The van der Waals surface area contributed by atoms with Crippen LogP contribution in [0.3, 0.4) is 0 Å². The molecular formula is C20H21FN6O. The molecule has 1 saturated carbocycles. The van der Waals surface area contributed by atoms with E-state index in [1.807, 2.05) is 6.07 Å². The van der Waals surface area contributed by atoms with Gasteiger partial charge in [-0.15, -0.1) is 0 Å². The highest BCUT2D eigenvalue weighted by atomic mass is 19.1. The zero-order valence-electron chi connectivity index (χ0n) is 15.3. The molecule has 0 unspecified atom stereocenters. The van der Waals surface area contributed by atoms with E-state index in [9.17, 15) is 0 Å². The Kier molecular flexibility index (Phi) is 5.01. The number of halogens is 1. The van der Waals surface area contributed by atoms with E-state index < -0.39 is 5.82 Å². The number of rotatable bonds is 4. The van der Waals surface area contributed by atoms with Gasteiger partial charge in [0.05, 0.1) is 18.1 Å². The lowest BCUT2D eigenvalue weighted by Crippen LogP contribution is -2.09. The van der Waals surface area contributed by atoms with Crippen LogP contribution in [0.25, 0.3) is 11.3 Å². The van der Waals surface area contributed by atoms with Crippen LogP contribution >= 0.6 is 0 Å². The number of nitrogens with zero attached hydrogens (tertiary/aromatic N) is 4. The Morgan fingerprint density at radius 3 is 2.46 bits per heavy atom. The molecule has 8 heteroatoms. The number of anilines is 2. The van der Waals surface area contributed by atoms with Gasteiger partial charge in [0.1, 0.15) is 11.6 Å². The molecule has 1 fully saturated rings. The minimum Gasteiger partial charge on any atom is -0.421 e. The van der Waals surface area contributed by atoms with Crippen molar-refractivity contribution >= 4 is 11.6 Å². The topological polar surface area (TPSA) is 113 Å². The van der Waals surface area contributed by atoms with E-state index in [1.165, 1.54) is 25.0 Å². The molecule has 0 atom stereocenters. The van der Waals surface area contributed by atoms with Gasteiger partial charge in [0.25, 0.3) is 0 Å². The number of ether oxygens (including phenoxy) is 1. The third-order valence-corrected chi connectivity index (χ3v) is 4.97. The fourth-order valence-electron chi connectivity index (χ4n) is 3.58. The first kappa shape index (κ1) is 18.1. The fourth-order valence-corrected chi connectivity index (χ4v) is 3.58. The van der Waals surface area contributed by atoms with E-state index in [1.54, 1.807) is 12.1 Å². The molecule has 1 aliphatic rings. The van der Waals surface area contributed by atoms with E-state index in [0.29, 0.717) is 5.69 Å². The quantitative estimate of drug-likeness (QED) is 0.701. The second kappa shape index (κ2) is 7.75. The van der Waals surface area contributed by atoms with Gasteiger partial charge in [-0.3, -0.25) is 4.98 Å². The smallest absolute Gasteiger partial charge is 0.323 e. The molecule has 4 N–H and O–H groups in total. The van der Waals surface area contributed by atoms with E-state index in [-0.39, 0.29) is 34.9 Å². The number of aromatic nitrogens is 4. The average Bonchev–Trinajstić information content (AvgIpc) is 2.71. The zero-order valence-corrected chi connectivity index (χ0v) is 15.3. The Labute approximate surface area is 162 Å². The van der Waals surface area contributed by atoms with Crippen molar-refractivity contribution in [1.29, 1.82) is 0 Å². The summed E-state index contributed by atoms with van der Waals surface area (Å²) in [6.07, 6.45) is 9.73. The highest BCUT2D eigenvalue weighted by molar-refractivity contribution is 5.64. The van der Waals surface area contributed by atoms with Crippen LogP contribution in [0.5, 0.6) is 11.8 Å². The maximum atomic E-state index is 15.5. The number of hydrogen-bond acceptors (Lipinski definition) is 7. The summed E-state index contributed by atoms with van der Waals surface area (Å²) in [5.41, 5.74) is 12.8. The monoisotopic (exact) mass is 380 g/mol. The molecule has 0 radical (unpaired) electrons. The first-order valence-corrected chi connectivity index (χ1v) is 9.28. The molecule has 0 saturated heterocycles. The third-order valence-electron chi connectivity index (χ3n) is 4.97. The Hall–Kier alpha value is -3.29. The number of nitrogens with two attached hydrogens (primary N) is 2. The van der Waals surface area contributed by atoms with Gasteiger partial charge in [-0.05, 0) is 30.9 Å². The van der Waals surface area contributed by atoms with Gasteiger partial charge >= 0.3 is 6.01 Å². The van der Waals surface area contributed by atoms with Crippen LogP contribution in [0.1, 0.15) is 43.6 Å². The van der Waals surface area contributed by atoms with Gasteiger partial charge in [0.15, 0.2) is 11.6 Å². The molecule has 28 heavy (non-hydrogen) atoms. The predicted molar refractivity (Wildman–Crippen MR) is 104 cm³/mol. The van der Waals surface area contributed by atoms with Crippen molar-refractivity contribution in [2.24, 2.45) is 0 Å². The van der Waals surface area contributed by atoms with Crippen molar-refractivity contribution in [3.05, 3.63) is 48.2 Å². The van der Waals surface area contributed by atoms with Crippen LogP contribution in [0.15, 0.2) is 36.8 Å². The van der Waals surface area contributed by atoms with Crippen LogP contribution in [0.2, 0.25) is 0 Å². The number of benzene rings is 1. The Balaban J connectivity index is 1.80. The van der Waals surface area contributed by atoms with Gasteiger partial charge in [-0.1, -0.05) is 25.3 Å². The summed E-state index contributed by atoms with van der Waals surface area (Å²) in [7, 11) is 0. The zero-order chi connectivity index (χ0) is 19.5. The molecule has 4 rings (SSSR count). The summed E-state index contributed by atoms with van der Waals surface area (Å²) in [4.78, 5) is 16.3. The molecule has 2 aromatic heterocycles. The van der Waals surface area contributed by atoms with Crippen LogP contribution in [0, 0.1) is 5.82 Å². The second-order valence-corrected chi connectivity index (χ2v) is 6.87. The van der Waals surface area contributed by atoms with Crippen molar-refractivity contribution in [3.63, 3.8) is 0 Å². The summed E-state index contributed by atoms with van der Waals surface area (Å²) < 4.78 is 21.4. The fraction of sp³-hybridized carbons (Fsp3) is 0.300. The molecule has 0 amide bonds. The Morgan fingerprint density at radius 1 is 0.929 bits per heavy atom. The lowest BCUT2D eigenvalue weighted by atomic mass is 9.83. The van der Waals surface area contributed by atoms with Gasteiger partial charge in [0.2, 0.25) is 0 Å². The van der Waals surface area contributed by atoms with Crippen molar-refractivity contribution in [3.8, 4) is 23.0 Å². The Morgan fingerprint density at radius 2 is 1.75 bits per heavy atom. The van der Waals surface area contributed by atoms with Gasteiger partial charge < -0.3 is 16.2 Å². The minimum absolute atomic E-state index is 0.0106. The standard InChI is InChI=1S/C20H21FN6O/c21-18-14(15-10-26-17(23)11-25-15)7-6-13(12-4-2-1-3-5-12)19(18)28-20-24-9-8-16(22)27-20/h6-12H,1-5H2,(H2,23,26)(H2,22,24,27). The summed E-state index contributed by atoms with van der Waals surface area (Å²) >= 11 is 0. The molecule has 1 aliphatic carbocycles. The molecule has 7 nitrogen and oxygen atoms in total. The molecular weight excluding hydrogens is 359 g/mol. The highest BCUT2D eigenvalue weighted by Crippen LogP contribution is 2.42. The lowest BCUT2D eigenvalue weighted by Gasteiger charge is -2.24. The van der Waals surface area contributed by atoms with E-state index in [4.69, 9.17) is 16.2 Å². The molecule has 3 aromatic rings. The largest absolute Gasteiger partial charge is 0.421 e. The molecule has 0 bridgehead atoms. The van der Waals surface area contributed by atoms with E-state index in [0.717, 1.165) is 31.2 Å². The number of hydrogen-bond donors (Lipinski definition) is 2. The number of nitrogen functional groups attached to an aromatic ring is 2. The molecule has 0 aliphatic heterocycles. The van der Waals surface area contributed by atoms with Gasteiger partial charge in [-0.25, -0.2) is 14.4 Å².